The van der Waals surface area contributed by atoms with Crippen molar-refractivity contribution >= 4 is 7.85 Å². The summed E-state index contributed by atoms with van der Waals surface area (Å²) in [4.78, 5) is 0. The first-order chi connectivity index (χ1) is 5.19. The van der Waals surface area contributed by atoms with Gasteiger partial charge >= 0.3 is 0 Å². The summed E-state index contributed by atoms with van der Waals surface area (Å²) < 4.78 is 5.65. The summed E-state index contributed by atoms with van der Waals surface area (Å²) in [5.74, 6) is 0.987. The Morgan fingerprint density at radius 2 is 2.36 bits per heavy atom. The van der Waals surface area contributed by atoms with Crippen LogP contribution in [-0.2, 0) is 4.74 Å². The summed E-state index contributed by atoms with van der Waals surface area (Å²) >= 11 is 0. The summed E-state index contributed by atoms with van der Waals surface area (Å²) in [5, 5.41) is 0. The lowest BCUT2D eigenvalue weighted by Gasteiger charge is -2.28. The molecule has 1 aliphatic heterocycles. The van der Waals surface area contributed by atoms with Gasteiger partial charge in [0.15, 0.2) is 0 Å². The highest BCUT2D eigenvalue weighted by Gasteiger charge is 2.54. The van der Waals surface area contributed by atoms with Gasteiger partial charge in [0.05, 0.1) is 20.6 Å². The molecule has 1 saturated heterocycles. The SMILES string of the molecule is [B][C@@H]1C[C@]2(CC)CO[C@@H]1C2C. The Hall–Kier alpha value is 0.0249. The first kappa shape index (κ1) is 7.66. The summed E-state index contributed by atoms with van der Waals surface area (Å²) in [6.45, 7) is 5.48. The summed E-state index contributed by atoms with van der Waals surface area (Å²) in [7, 11) is 5.95. The molecule has 1 aliphatic carbocycles. The van der Waals surface area contributed by atoms with Gasteiger partial charge in [-0.3, -0.25) is 0 Å². The van der Waals surface area contributed by atoms with Crippen LogP contribution in [0.2, 0.25) is 5.82 Å². The van der Waals surface area contributed by atoms with Crippen LogP contribution in [0.15, 0.2) is 0 Å². The fourth-order valence-electron chi connectivity index (χ4n) is 2.78. The van der Waals surface area contributed by atoms with E-state index in [-0.39, 0.29) is 0 Å². The zero-order valence-corrected chi connectivity index (χ0v) is 7.34. The number of hydrogen-bond donors (Lipinski definition) is 0. The lowest BCUT2D eigenvalue weighted by atomic mass is 9.76. The zero-order valence-electron chi connectivity index (χ0n) is 7.34. The van der Waals surface area contributed by atoms with Gasteiger partial charge in [-0.15, -0.1) is 0 Å². The molecule has 2 radical (unpaired) electrons. The predicted molar refractivity (Wildman–Crippen MR) is 45.7 cm³/mol. The van der Waals surface area contributed by atoms with Crippen molar-refractivity contribution in [3.63, 3.8) is 0 Å². The van der Waals surface area contributed by atoms with Crippen LogP contribution in [0.25, 0.3) is 0 Å². The van der Waals surface area contributed by atoms with Gasteiger partial charge in [0.1, 0.15) is 0 Å². The van der Waals surface area contributed by atoms with Gasteiger partial charge in [-0.2, -0.15) is 0 Å². The van der Waals surface area contributed by atoms with E-state index in [0.29, 0.717) is 23.3 Å². The highest BCUT2D eigenvalue weighted by molar-refractivity contribution is 6.12. The van der Waals surface area contributed by atoms with Crippen LogP contribution in [0.5, 0.6) is 0 Å². The van der Waals surface area contributed by atoms with E-state index in [0.717, 1.165) is 6.61 Å². The summed E-state index contributed by atoms with van der Waals surface area (Å²) in [6.07, 6.45) is 2.75. The lowest BCUT2D eigenvalue weighted by Crippen LogP contribution is -2.24. The van der Waals surface area contributed by atoms with E-state index in [4.69, 9.17) is 12.6 Å². The van der Waals surface area contributed by atoms with E-state index >= 15 is 0 Å². The Balaban J connectivity index is 2.24. The van der Waals surface area contributed by atoms with Crippen molar-refractivity contribution < 1.29 is 4.74 Å². The molecule has 0 N–H and O–H groups in total. The first-order valence-electron chi connectivity index (χ1n) is 4.57. The van der Waals surface area contributed by atoms with Crippen LogP contribution in [0.1, 0.15) is 26.7 Å². The van der Waals surface area contributed by atoms with Gasteiger partial charge in [0.2, 0.25) is 0 Å². The molecule has 1 saturated carbocycles. The third kappa shape index (κ3) is 0.822. The molecule has 2 fully saturated rings. The predicted octanol–water partition coefficient (Wildman–Crippen LogP) is 1.78. The van der Waals surface area contributed by atoms with Gasteiger partial charge in [-0.25, -0.2) is 0 Å². The summed E-state index contributed by atoms with van der Waals surface area (Å²) in [5.41, 5.74) is 0.435. The second-order valence-corrected chi connectivity index (χ2v) is 4.15. The Morgan fingerprint density at radius 1 is 1.64 bits per heavy atom. The molecular formula is C9H15BO. The molecule has 2 heteroatoms. The standard InChI is InChI=1S/C9H15BO/c1-3-9-4-7(10)8(6(9)2)11-5-9/h6-8H,3-5H2,1-2H3/t6?,7-,8-,9-/m1/s1. The van der Waals surface area contributed by atoms with Crippen LogP contribution < -0.4 is 0 Å². The molecule has 0 amide bonds. The maximum Gasteiger partial charge on any atom is 0.0735 e. The van der Waals surface area contributed by atoms with E-state index in [1.807, 2.05) is 0 Å². The third-order valence-electron chi connectivity index (χ3n) is 3.79. The van der Waals surface area contributed by atoms with Gasteiger partial charge in [0.25, 0.3) is 0 Å². The average Bonchev–Trinajstić information content (AvgIpc) is 2.42. The number of rotatable bonds is 1. The molecule has 2 aliphatic rings. The Morgan fingerprint density at radius 3 is 2.64 bits per heavy atom. The molecule has 0 aromatic rings. The van der Waals surface area contributed by atoms with Crippen molar-refractivity contribution in [2.24, 2.45) is 11.3 Å². The highest BCUT2D eigenvalue weighted by Crippen LogP contribution is 2.56. The monoisotopic (exact) mass is 150 g/mol. The summed E-state index contributed by atoms with van der Waals surface area (Å²) in [6, 6.07) is 0. The minimum absolute atomic E-state index is 0.304. The van der Waals surface area contributed by atoms with E-state index in [1.54, 1.807) is 0 Å². The first-order valence-corrected chi connectivity index (χ1v) is 4.57. The van der Waals surface area contributed by atoms with Gasteiger partial charge in [-0.05, 0) is 24.2 Å². The second kappa shape index (κ2) is 2.26. The van der Waals surface area contributed by atoms with Crippen molar-refractivity contribution in [2.75, 3.05) is 6.61 Å². The van der Waals surface area contributed by atoms with Crippen LogP contribution in [0, 0.1) is 11.3 Å². The zero-order chi connectivity index (χ0) is 8.06. The fourth-order valence-corrected chi connectivity index (χ4v) is 2.78. The number of ether oxygens (including phenoxy) is 1. The molecule has 1 unspecified atom stereocenters. The molecule has 4 atom stereocenters. The maximum absolute atomic E-state index is 5.95. The fraction of sp³-hybridized carbons (Fsp3) is 1.00. The lowest BCUT2D eigenvalue weighted by molar-refractivity contribution is 0.0502. The van der Waals surface area contributed by atoms with Crippen molar-refractivity contribution in [3.8, 4) is 0 Å². The molecule has 0 aromatic heterocycles. The quantitative estimate of drug-likeness (QED) is 0.517. The van der Waals surface area contributed by atoms with Gasteiger partial charge in [-0.1, -0.05) is 19.7 Å². The third-order valence-corrected chi connectivity index (χ3v) is 3.79. The molecule has 11 heavy (non-hydrogen) atoms. The molecule has 2 rings (SSSR count). The van der Waals surface area contributed by atoms with E-state index < -0.39 is 0 Å². The minimum Gasteiger partial charge on any atom is -0.378 e. The Labute approximate surface area is 69.9 Å². The van der Waals surface area contributed by atoms with Crippen molar-refractivity contribution in [1.29, 1.82) is 0 Å². The smallest absolute Gasteiger partial charge is 0.0735 e. The highest BCUT2D eigenvalue weighted by atomic mass is 16.5. The number of fused-ring (bicyclic) bond motifs is 2. The molecule has 1 nitrogen and oxygen atoms in total. The molecule has 2 bridgehead atoms. The van der Waals surface area contributed by atoms with Crippen molar-refractivity contribution in [2.45, 2.75) is 38.6 Å². The minimum atomic E-state index is 0.304. The van der Waals surface area contributed by atoms with Crippen LogP contribution in [0.3, 0.4) is 0 Å². The molecule has 1 heterocycles. The van der Waals surface area contributed by atoms with Crippen LogP contribution >= 0.6 is 0 Å². The van der Waals surface area contributed by atoms with E-state index in [1.165, 1.54) is 12.8 Å². The number of hydrogen-bond acceptors (Lipinski definition) is 1. The van der Waals surface area contributed by atoms with Crippen LogP contribution in [-0.4, -0.2) is 20.6 Å². The second-order valence-electron chi connectivity index (χ2n) is 4.15. The normalized spacial score (nSPS) is 55.3. The van der Waals surface area contributed by atoms with Crippen molar-refractivity contribution in [1.82, 2.24) is 0 Å². The van der Waals surface area contributed by atoms with Gasteiger partial charge in [0, 0.05) is 0 Å². The molecule has 0 spiro atoms. The van der Waals surface area contributed by atoms with E-state index in [2.05, 4.69) is 13.8 Å². The topological polar surface area (TPSA) is 9.23 Å². The van der Waals surface area contributed by atoms with Gasteiger partial charge < -0.3 is 4.74 Å². The average molecular weight is 150 g/mol. The van der Waals surface area contributed by atoms with Crippen LogP contribution in [0.4, 0.5) is 0 Å². The van der Waals surface area contributed by atoms with E-state index in [9.17, 15) is 0 Å². The maximum atomic E-state index is 5.95. The molecule has 60 valence electrons. The Kier molecular flexibility index (Phi) is 1.57. The molecule has 0 aromatic carbocycles. The molecular weight excluding hydrogens is 135 g/mol. The largest absolute Gasteiger partial charge is 0.378 e. The Bertz CT molecular complexity index is 171. The van der Waals surface area contributed by atoms with Crippen molar-refractivity contribution in [3.05, 3.63) is 0 Å².